The summed E-state index contributed by atoms with van der Waals surface area (Å²) in [4.78, 5) is 16.1. The Balaban J connectivity index is 1.95. The van der Waals surface area contributed by atoms with Crippen LogP contribution in [0.2, 0.25) is 0 Å². The van der Waals surface area contributed by atoms with E-state index in [1.165, 1.54) is 12.1 Å². The number of oxime groups is 1. The van der Waals surface area contributed by atoms with E-state index in [1.54, 1.807) is 17.9 Å². The first-order valence-electron chi connectivity index (χ1n) is 6.75. The van der Waals surface area contributed by atoms with Crippen LogP contribution in [0.5, 0.6) is 0 Å². The summed E-state index contributed by atoms with van der Waals surface area (Å²) in [5, 5.41) is 11.5. The van der Waals surface area contributed by atoms with Gasteiger partial charge in [0.05, 0.1) is 6.54 Å². The fourth-order valence-electron chi connectivity index (χ4n) is 2.33. The van der Waals surface area contributed by atoms with Crippen molar-refractivity contribution in [1.82, 2.24) is 9.80 Å². The van der Waals surface area contributed by atoms with E-state index < -0.39 is 0 Å². The minimum absolute atomic E-state index is 0.0958. The van der Waals surface area contributed by atoms with Crippen molar-refractivity contribution in [3.05, 3.63) is 35.1 Å². The van der Waals surface area contributed by atoms with E-state index in [0.717, 1.165) is 0 Å². The van der Waals surface area contributed by atoms with Gasteiger partial charge in [-0.25, -0.2) is 4.39 Å². The second-order valence-corrected chi connectivity index (χ2v) is 5.12. The molecule has 1 heterocycles. The van der Waals surface area contributed by atoms with Crippen molar-refractivity contribution in [3.8, 4) is 0 Å². The highest BCUT2D eigenvalue weighted by Crippen LogP contribution is 2.13. The number of aryl methyl sites for hydroxylation is 1. The van der Waals surface area contributed by atoms with Crippen molar-refractivity contribution in [2.75, 3.05) is 32.7 Å². The molecule has 1 aromatic rings. The largest absolute Gasteiger partial charge is 0.409 e. The maximum absolute atomic E-state index is 13.2. The second-order valence-electron chi connectivity index (χ2n) is 5.12. The molecule has 0 saturated carbocycles. The number of halogens is 1. The van der Waals surface area contributed by atoms with E-state index in [9.17, 15) is 9.18 Å². The van der Waals surface area contributed by atoms with Crippen molar-refractivity contribution in [2.24, 2.45) is 10.9 Å². The highest BCUT2D eigenvalue weighted by Gasteiger charge is 2.22. The molecule has 1 saturated heterocycles. The van der Waals surface area contributed by atoms with E-state index in [1.807, 2.05) is 4.90 Å². The van der Waals surface area contributed by atoms with Crippen molar-refractivity contribution < 1.29 is 14.4 Å². The smallest absolute Gasteiger partial charge is 0.253 e. The number of nitrogens with zero attached hydrogens (tertiary/aromatic N) is 3. The van der Waals surface area contributed by atoms with Gasteiger partial charge in [-0.1, -0.05) is 5.16 Å². The third kappa shape index (κ3) is 3.69. The van der Waals surface area contributed by atoms with Crippen LogP contribution in [0.25, 0.3) is 0 Å². The number of amidine groups is 1. The Labute approximate surface area is 122 Å². The van der Waals surface area contributed by atoms with Gasteiger partial charge in [0.2, 0.25) is 0 Å². The normalized spacial score (nSPS) is 17.0. The average Bonchev–Trinajstić information content (AvgIpc) is 2.50. The zero-order valence-electron chi connectivity index (χ0n) is 11.9. The number of hydrogen-bond acceptors (Lipinski definition) is 4. The first-order chi connectivity index (χ1) is 10.0. The van der Waals surface area contributed by atoms with Gasteiger partial charge in [-0.05, 0) is 30.7 Å². The van der Waals surface area contributed by atoms with Gasteiger partial charge < -0.3 is 15.8 Å². The SMILES string of the molecule is Cc1cc(C(=O)N2CCN(CC(N)=NO)CC2)ccc1F. The van der Waals surface area contributed by atoms with Crippen molar-refractivity contribution in [1.29, 1.82) is 0 Å². The number of nitrogens with two attached hydrogens (primary N) is 1. The van der Waals surface area contributed by atoms with E-state index in [0.29, 0.717) is 43.9 Å². The second kappa shape index (κ2) is 6.53. The zero-order chi connectivity index (χ0) is 15.4. The molecule has 7 heteroatoms. The summed E-state index contributed by atoms with van der Waals surface area (Å²) in [5.41, 5.74) is 6.43. The van der Waals surface area contributed by atoms with Crippen LogP contribution in [-0.4, -0.2) is 59.5 Å². The molecule has 114 valence electrons. The van der Waals surface area contributed by atoms with Crippen molar-refractivity contribution >= 4 is 11.7 Å². The molecule has 6 nitrogen and oxygen atoms in total. The molecule has 0 unspecified atom stereocenters. The Hall–Kier alpha value is -2.15. The molecule has 1 aliphatic heterocycles. The summed E-state index contributed by atoms with van der Waals surface area (Å²) in [5.74, 6) is -0.249. The van der Waals surface area contributed by atoms with Crippen molar-refractivity contribution in [3.63, 3.8) is 0 Å². The predicted molar refractivity (Wildman–Crippen MR) is 76.9 cm³/mol. The summed E-state index contributed by atoms with van der Waals surface area (Å²) in [6.45, 7) is 4.46. The van der Waals surface area contributed by atoms with Crippen LogP contribution in [0.4, 0.5) is 4.39 Å². The fourth-order valence-corrected chi connectivity index (χ4v) is 2.33. The topological polar surface area (TPSA) is 82.2 Å². The molecule has 1 aromatic carbocycles. The summed E-state index contributed by atoms with van der Waals surface area (Å²) < 4.78 is 13.2. The van der Waals surface area contributed by atoms with Crippen LogP contribution in [0, 0.1) is 12.7 Å². The number of carbonyl (C=O) groups excluding carboxylic acids is 1. The lowest BCUT2D eigenvalue weighted by atomic mass is 10.1. The van der Waals surface area contributed by atoms with Gasteiger partial charge in [0.1, 0.15) is 5.82 Å². The van der Waals surface area contributed by atoms with Gasteiger partial charge in [-0.15, -0.1) is 0 Å². The molecule has 0 atom stereocenters. The molecule has 0 radical (unpaired) electrons. The van der Waals surface area contributed by atoms with Crippen molar-refractivity contribution in [2.45, 2.75) is 6.92 Å². The Morgan fingerprint density at radius 2 is 2.05 bits per heavy atom. The van der Waals surface area contributed by atoms with Crippen LogP contribution in [0.3, 0.4) is 0 Å². The monoisotopic (exact) mass is 294 g/mol. The van der Waals surface area contributed by atoms with Gasteiger partial charge >= 0.3 is 0 Å². The number of hydrogen-bond donors (Lipinski definition) is 2. The Bertz CT molecular complexity index is 554. The summed E-state index contributed by atoms with van der Waals surface area (Å²) in [6, 6.07) is 4.39. The highest BCUT2D eigenvalue weighted by atomic mass is 19.1. The first kappa shape index (κ1) is 15.2. The lowest BCUT2D eigenvalue weighted by molar-refractivity contribution is 0.0653. The number of amides is 1. The molecule has 2 rings (SSSR count). The molecule has 21 heavy (non-hydrogen) atoms. The molecule has 0 aromatic heterocycles. The zero-order valence-corrected chi connectivity index (χ0v) is 11.9. The summed E-state index contributed by atoms with van der Waals surface area (Å²) in [7, 11) is 0. The molecule has 1 amide bonds. The third-order valence-electron chi connectivity index (χ3n) is 3.58. The standard InChI is InChI=1S/C14H19FN4O2/c1-10-8-11(2-3-12(10)15)14(20)19-6-4-18(5-7-19)9-13(16)17-21/h2-3,8,21H,4-7,9H2,1H3,(H2,16,17). The number of carbonyl (C=O) groups is 1. The summed E-state index contributed by atoms with van der Waals surface area (Å²) >= 11 is 0. The molecule has 1 aliphatic rings. The Morgan fingerprint density at radius 1 is 1.38 bits per heavy atom. The van der Waals surface area contributed by atoms with Gasteiger partial charge in [-0.3, -0.25) is 9.69 Å². The first-order valence-corrected chi connectivity index (χ1v) is 6.75. The molecule has 0 aliphatic carbocycles. The lowest BCUT2D eigenvalue weighted by Gasteiger charge is -2.34. The maximum atomic E-state index is 13.2. The number of piperazine rings is 1. The fraction of sp³-hybridized carbons (Fsp3) is 0.429. The van der Waals surface area contributed by atoms with E-state index in [4.69, 9.17) is 10.9 Å². The van der Waals surface area contributed by atoms with Gasteiger partial charge in [0.25, 0.3) is 5.91 Å². The highest BCUT2D eigenvalue weighted by molar-refractivity contribution is 5.94. The minimum Gasteiger partial charge on any atom is -0.409 e. The van der Waals surface area contributed by atoms with Crippen LogP contribution in [0.15, 0.2) is 23.4 Å². The predicted octanol–water partition coefficient (Wildman–Crippen LogP) is 0.638. The third-order valence-corrected chi connectivity index (χ3v) is 3.58. The van der Waals surface area contributed by atoms with Crippen LogP contribution in [-0.2, 0) is 0 Å². The minimum atomic E-state index is -0.310. The number of benzene rings is 1. The van der Waals surface area contributed by atoms with Crippen LogP contribution < -0.4 is 5.73 Å². The van der Waals surface area contributed by atoms with Gasteiger partial charge in [0, 0.05) is 31.7 Å². The lowest BCUT2D eigenvalue weighted by Crippen LogP contribution is -2.50. The molecular formula is C14H19FN4O2. The van der Waals surface area contributed by atoms with E-state index in [-0.39, 0.29) is 17.6 Å². The molecule has 0 bridgehead atoms. The molecule has 3 N–H and O–H groups in total. The number of rotatable bonds is 3. The molecular weight excluding hydrogens is 275 g/mol. The van der Waals surface area contributed by atoms with Crippen LogP contribution in [0.1, 0.15) is 15.9 Å². The average molecular weight is 294 g/mol. The van der Waals surface area contributed by atoms with E-state index >= 15 is 0 Å². The molecule has 1 fully saturated rings. The Kier molecular flexibility index (Phi) is 4.74. The van der Waals surface area contributed by atoms with E-state index in [2.05, 4.69) is 5.16 Å². The van der Waals surface area contributed by atoms with Crippen LogP contribution >= 0.6 is 0 Å². The molecule has 0 spiro atoms. The summed E-state index contributed by atoms with van der Waals surface area (Å²) in [6.07, 6.45) is 0. The Morgan fingerprint density at radius 3 is 2.62 bits per heavy atom. The van der Waals surface area contributed by atoms with Gasteiger partial charge in [0.15, 0.2) is 5.84 Å². The quantitative estimate of drug-likeness (QED) is 0.371. The van der Waals surface area contributed by atoms with Gasteiger partial charge in [-0.2, -0.15) is 0 Å². The maximum Gasteiger partial charge on any atom is 0.253 e.